The Labute approximate surface area is 186 Å². The number of hydrogen-bond acceptors (Lipinski definition) is 4. The van der Waals surface area contributed by atoms with Crippen molar-refractivity contribution in [2.75, 3.05) is 0 Å². The molecule has 0 aliphatic carbocycles. The van der Waals surface area contributed by atoms with E-state index in [0.717, 1.165) is 18.2 Å². The molecule has 0 amide bonds. The second kappa shape index (κ2) is 7.87. The van der Waals surface area contributed by atoms with Crippen LogP contribution in [0.2, 0.25) is 20.1 Å². The highest BCUT2D eigenvalue weighted by Crippen LogP contribution is 2.51. The number of phenols is 2. The molecule has 0 saturated heterocycles. The quantitative estimate of drug-likeness (QED) is 0.311. The zero-order valence-corrected chi connectivity index (χ0v) is 18.1. The average Bonchev–Trinajstić information content (AvgIpc) is 2.61. The van der Waals surface area contributed by atoms with Gasteiger partial charge in [0.2, 0.25) is 0 Å². The van der Waals surface area contributed by atoms with Crippen molar-refractivity contribution in [3.63, 3.8) is 0 Å². The molecule has 0 heterocycles. The molecule has 0 saturated carbocycles. The molecule has 1 atom stereocenters. The topological polar surface area (TPSA) is 94.8 Å². The van der Waals surface area contributed by atoms with Gasteiger partial charge in [-0.2, -0.15) is 8.42 Å². The fourth-order valence-electron chi connectivity index (χ4n) is 3.19. The van der Waals surface area contributed by atoms with E-state index in [0.29, 0.717) is 5.02 Å². The van der Waals surface area contributed by atoms with Gasteiger partial charge in [-0.15, -0.1) is 0 Å². The predicted molar refractivity (Wildman–Crippen MR) is 114 cm³/mol. The molecular formula is C19H12Cl4O5S. The van der Waals surface area contributed by atoms with Crippen molar-refractivity contribution in [3.05, 3.63) is 91.4 Å². The highest BCUT2D eigenvalue weighted by molar-refractivity contribution is 7.87. The summed E-state index contributed by atoms with van der Waals surface area (Å²) in [7, 11) is -5.05. The first-order valence-electron chi connectivity index (χ1n) is 7.89. The Bertz CT molecular complexity index is 1200. The summed E-state index contributed by atoms with van der Waals surface area (Å²) in [6.07, 6.45) is 0. The highest BCUT2D eigenvalue weighted by atomic mass is 35.5. The molecule has 3 aromatic carbocycles. The summed E-state index contributed by atoms with van der Waals surface area (Å²) >= 11 is 24.6. The molecule has 10 heteroatoms. The third kappa shape index (κ3) is 3.77. The lowest BCUT2D eigenvalue weighted by atomic mass is 9.83. The van der Waals surface area contributed by atoms with Gasteiger partial charge in [-0.3, -0.25) is 4.55 Å². The van der Waals surface area contributed by atoms with Crippen molar-refractivity contribution in [1.29, 1.82) is 0 Å². The van der Waals surface area contributed by atoms with Gasteiger partial charge in [0.15, 0.2) is 4.75 Å². The van der Waals surface area contributed by atoms with E-state index in [-0.39, 0.29) is 43.3 Å². The van der Waals surface area contributed by atoms with Crippen LogP contribution in [0.4, 0.5) is 0 Å². The van der Waals surface area contributed by atoms with Gasteiger partial charge >= 0.3 is 0 Å². The van der Waals surface area contributed by atoms with Crippen LogP contribution in [0, 0.1) is 0 Å². The van der Waals surface area contributed by atoms with Crippen molar-refractivity contribution in [2.24, 2.45) is 0 Å². The number of halogens is 4. The summed E-state index contributed by atoms with van der Waals surface area (Å²) < 4.78 is 34.0. The molecule has 0 aromatic heterocycles. The molecule has 0 spiro atoms. The molecule has 152 valence electrons. The summed E-state index contributed by atoms with van der Waals surface area (Å²) in [6.45, 7) is 0. The molecule has 0 aliphatic rings. The second-order valence-corrected chi connectivity index (χ2v) is 9.31. The van der Waals surface area contributed by atoms with Crippen LogP contribution >= 0.6 is 46.4 Å². The molecule has 0 bridgehead atoms. The number of aromatic hydroxyl groups is 2. The first-order chi connectivity index (χ1) is 13.5. The largest absolute Gasteiger partial charge is 0.508 e. The molecule has 29 heavy (non-hydrogen) atoms. The van der Waals surface area contributed by atoms with Gasteiger partial charge in [0.05, 0.1) is 10.0 Å². The van der Waals surface area contributed by atoms with Gasteiger partial charge in [-0.05, 0) is 35.9 Å². The minimum Gasteiger partial charge on any atom is -0.508 e. The summed E-state index contributed by atoms with van der Waals surface area (Å²) in [4.78, 5) is 0. The van der Waals surface area contributed by atoms with Crippen LogP contribution in [0.3, 0.4) is 0 Å². The molecule has 3 rings (SSSR count). The predicted octanol–water partition coefficient (Wildman–Crippen LogP) is 5.89. The average molecular weight is 494 g/mol. The smallest absolute Gasteiger partial charge is 0.283 e. The minimum atomic E-state index is -5.05. The van der Waals surface area contributed by atoms with Crippen LogP contribution in [0.25, 0.3) is 0 Å². The standard InChI is InChI=1S/C19H12Cl4O5S/c20-11-3-1-10(2-4-11)19(29(26,27)28,14-6-5-12(24)8-16(14)21)15-7-13(25)9-17(22)18(15)23/h1-9,24-25H,(H,26,27,28). The molecule has 0 aliphatic heterocycles. The van der Waals surface area contributed by atoms with Crippen LogP contribution in [0.1, 0.15) is 16.7 Å². The Kier molecular flexibility index (Phi) is 5.98. The molecule has 3 aromatic rings. The van der Waals surface area contributed by atoms with E-state index in [4.69, 9.17) is 46.4 Å². The number of phenolic OH excluding ortho intramolecular Hbond substituents is 2. The van der Waals surface area contributed by atoms with E-state index in [1.54, 1.807) is 0 Å². The van der Waals surface area contributed by atoms with Crippen molar-refractivity contribution >= 4 is 56.5 Å². The molecule has 0 fully saturated rings. The van der Waals surface area contributed by atoms with Crippen LogP contribution in [-0.4, -0.2) is 23.2 Å². The summed E-state index contributed by atoms with van der Waals surface area (Å²) in [5.41, 5.74) is -0.326. The van der Waals surface area contributed by atoms with Crippen LogP contribution < -0.4 is 0 Å². The maximum atomic E-state index is 13.0. The minimum absolute atomic E-state index is 0.0283. The maximum absolute atomic E-state index is 13.0. The van der Waals surface area contributed by atoms with E-state index in [2.05, 4.69) is 0 Å². The fourth-order valence-corrected chi connectivity index (χ4v) is 5.54. The third-order valence-electron chi connectivity index (χ3n) is 4.36. The summed E-state index contributed by atoms with van der Waals surface area (Å²) in [5, 5.41) is 19.6. The maximum Gasteiger partial charge on any atom is 0.283 e. The van der Waals surface area contributed by atoms with E-state index in [9.17, 15) is 23.2 Å². The number of rotatable bonds is 4. The van der Waals surface area contributed by atoms with Gasteiger partial charge in [-0.25, -0.2) is 0 Å². The Morgan fingerprint density at radius 1 is 0.724 bits per heavy atom. The first-order valence-corrected chi connectivity index (χ1v) is 10.8. The molecular weight excluding hydrogens is 482 g/mol. The Hall–Kier alpha value is -1.67. The molecule has 0 radical (unpaired) electrons. The highest BCUT2D eigenvalue weighted by Gasteiger charge is 2.51. The van der Waals surface area contributed by atoms with Crippen molar-refractivity contribution < 1.29 is 23.2 Å². The first kappa shape index (κ1) is 22.0. The van der Waals surface area contributed by atoms with Gasteiger partial charge < -0.3 is 10.2 Å². The van der Waals surface area contributed by atoms with Crippen molar-refractivity contribution in [2.45, 2.75) is 4.75 Å². The normalized spacial score (nSPS) is 13.8. The van der Waals surface area contributed by atoms with Gasteiger partial charge in [0.25, 0.3) is 10.1 Å². The lowest BCUT2D eigenvalue weighted by molar-refractivity contribution is 0.455. The fraction of sp³-hybridized carbons (Fsp3) is 0.0526. The lowest BCUT2D eigenvalue weighted by Crippen LogP contribution is -2.38. The Balaban J connectivity index is 2.61. The van der Waals surface area contributed by atoms with E-state index in [1.165, 1.54) is 36.4 Å². The van der Waals surface area contributed by atoms with E-state index >= 15 is 0 Å². The van der Waals surface area contributed by atoms with Crippen molar-refractivity contribution in [3.8, 4) is 11.5 Å². The van der Waals surface area contributed by atoms with Gasteiger partial charge in [0.1, 0.15) is 11.5 Å². The van der Waals surface area contributed by atoms with E-state index < -0.39 is 14.9 Å². The lowest BCUT2D eigenvalue weighted by Gasteiger charge is -2.34. The number of hydrogen-bond donors (Lipinski definition) is 3. The van der Waals surface area contributed by atoms with E-state index in [1.807, 2.05) is 0 Å². The zero-order chi connectivity index (χ0) is 21.6. The van der Waals surface area contributed by atoms with Crippen LogP contribution in [-0.2, 0) is 14.9 Å². The molecule has 3 N–H and O–H groups in total. The summed E-state index contributed by atoms with van der Waals surface area (Å²) in [5.74, 6) is -0.606. The SMILES string of the molecule is O=S(=O)(O)C(c1ccc(Cl)cc1)(c1ccc(O)cc1Cl)c1cc(O)cc(Cl)c1Cl. The number of benzene rings is 3. The third-order valence-corrected chi connectivity index (χ3v) is 7.18. The van der Waals surface area contributed by atoms with Crippen LogP contribution in [0.15, 0.2) is 54.6 Å². The van der Waals surface area contributed by atoms with Crippen molar-refractivity contribution in [1.82, 2.24) is 0 Å². The van der Waals surface area contributed by atoms with Gasteiger partial charge in [0, 0.05) is 27.2 Å². The molecule has 1 unspecified atom stereocenters. The Morgan fingerprint density at radius 2 is 1.31 bits per heavy atom. The molecule has 5 nitrogen and oxygen atoms in total. The monoisotopic (exact) mass is 492 g/mol. The van der Waals surface area contributed by atoms with Gasteiger partial charge in [-0.1, -0.05) is 64.6 Å². The second-order valence-electron chi connectivity index (χ2n) is 6.12. The Morgan fingerprint density at radius 3 is 1.86 bits per heavy atom. The zero-order valence-electron chi connectivity index (χ0n) is 14.3. The van der Waals surface area contributed by atoms with Crippen LogP contribution in [0.5, 0.6) is 11.5 Å². The summed E-state index contributed by atoms with van der Waals surface area (Å²) in [6, 6.07) is 11.3.